The van der Waals surface area contributed by atoms with E-state index in [1.54, 1.807) is 6.20 Å². The van der Waals surface area contributed by atoms with Gasteiger partial charge in [0.05, 0.1) is 5.71 Å². The lowest BCUT2D eigenvalue weighted by molar-refractivity contribution is 0.318. The maximum absolute atomic E-state index is 9.43. The number of aliphatic imine (C=N–C) groups is 1. The minimum Gasteiger partial charge on any atom is -0.411 e. The first-order valence-corrected chi connectivity index (χ1v) is 7.11. The average molecular weight is 279 g/mol. The van der Waals surface area contributed by atoms with Crippen molar-refractivity contribution in [2.24, 2.45) is 10.1 Å². The first kappa shape index (κ1) is 13.5. The van der Waals surface area contributed by atoms with Crippen LogP contribution in [-0.2, 0) is 19.3 Å². The van der Waals surface area contributed by atoms with E-state index in [2.05, 4.69) is 40.3 Å². The Morgan fingerprint density at radius 1 is 1.29 bits per heavy atom. The van der Waals surface area contributed by atoms with Crippen LogP contribution in [-0.4, -0.2) is 22.1 Å². The Morgan fingerprint density at radius 3 is 2.95 bits per heavy atom. The number of hydrogen-bond acceptors (Lipinski definition) is 4. The normalized spacial score (nSPS) is 13.5. The molecule has 4 heteroatoms. The van der Waals surface area contributed by atoms with Gasteiger partial charge in [0, 0.05) is 36.4 Å². The van der Waals surface area contributed by atoms with E-state index < -0.39 is 0 Å². The summed E-state index contributed by atoms with van der Waals surface area (Å²) in [6.07, 6.45) is 5.89. The second-order valence-corrected chi connectivity index (χ2v) is 5.07. The first-order chi connectivity index (χ1) is 10.3. The molecule has 0 saturated carbocycles. The Bertz CT molecular complexity index is 720. The van der Waals surface area contributed by atoms with Crippen LogP contribution in [0.5, 0.6) is 0 Å². The van der Waals surface area contributed by atoms with Crippen molar-refractivity contribution >= 4 is 17.7 Å². The molecule has 1 aliphatic rings. The fraction of sp³-hybridized carbons (Fsp3) is 0.235. The van der Waals surface area contributed by atoms with E-state index in [9.17, 15) is 5.21 Å². The van der Waals surface area contributed by atoms with Gasteiger partial charge in [-0.1, -0.05) is 36.3 Å². The molecule has 0 spiro atoms. The molecule has 0 atom stereocenters. The van der Waals surface area contributed by atoms with Crippen molar-refractivity contribution in [1.82, 2.24) is 4.98 Å². The van der Waals surface area contributed by atoms with Gasteiger partial charge in [-0.3, -0.25) is 0 Å². The largest absolute Gasteiger partial charge is 0.411 e. The Balaban J connectivity index is 1.92. The van der Waals surface area contributed by atoms with E-state index in [1.165, 1.54) is 5.56 Å². The molecule has 106 valence electrons. The number of aryl methyl sites for hydroxylation is 1. The Hall–Kier alpha value is -2.49. The van der Waals surface area contributed by atoms with E-state index in [1.807, 2.05) is 18.3 Å². The average Bonchev–Trinajstić information content (AvgIpc) is 3.01. The summed E-state index contributed by atoms with van der Waals surface area (Å²) in [5.74, 6) is 0.732. The van der Waals surface area contributed by atoms with Crippen LogP contribution in [0.4, 0.5) is 5.82 Å². The molecule has 0 amide bonds. The predicted octanol–water partition coefficient (Wildman–Crippen LogP) is 3.32. The maximum atomic E-state index is 9.43. The third-order valence-electron chi connectivity index (χ3n) is 3.74. The molecule has 0 fully saturated rings. The summed E-state index contributed by atoms with van der Waals surface area (Å²) in [5, 5.41) is 12.9. The van der Waals surface area contributed by atoms with E-state index in [4.69, 9.17) is 0 Å². The number of fused-ring (bicyclic) bond motifs is 1. The summed E-state index contributed by atoms with van der Waals surface area (Å²) in [4.78, 5) is 8.47. The van der Waals surface area contributed by atoms with Crippen LogP contribution in [0.15, 0.2) is 46.7 Å². The predicted molar refractivity (Wildman–Crippen MR) is 83.9 cm³/mol. The highest BCUT2D eigenvalue weighted by atomic mass is 16.4. The summed E-state index contributed by atoms with van der Waals surface area (Å²) in [5.41, 5.74) is 5.06. The molecule has 0 bridgehead atoms. The summed E-state index contributed by atoms with van der Waals surface area (Å²) in [6, 6.07) is 10.3. The minimum atomic E-state index is 0.598. The molecule has 21 heavy (non-hydrogen) atoms. The van der Waals surface area contributed by atoms with Crippen LogP contribution in [0.2, 0.25) is 0 Å². The molecule has 0 saturated heterocycles. The Kier molecular flexibility index (Phi) is 3.77. The lowest BCUT2D eigenvalue weighted by Crippen LogP contribution is -2.09. The van der Waals surface area contributed by atoms with Gasteiger partial charge in [-0.25, -0.2) is 9.98 Å². The van der Waals surface area contributed by atoms with Crippen molar-refractivity contribution in [1.29, 1.82) is 0 Å². The molecule has 1 aromatic heterocycles. The Morgan fingerprint density at radius 2 is 2.14 bits per heavy atom. The molecular weight excluding hydrogens is 262 g/mol. The van der Waals surface area contributed by atoms with Crippen molar-refractivity contribution in [2.75, 3.05) is 0 Å². The van der Waals surface area contributed by atoms with E-state index in [-0.39, 0.29) is 0 Å². The standard InChI is InChI=1S/C17H17N3O/c1-2-12-4-3-5-13(10-12)11-16(20-21)14-6-8-18-17-15(14)7-9-19-17/h3-6,8-10,21H,2,7,11H2,1H3/b20-16+. The first-order valence-electron chi connectivity index (χ1n) is 7.11. The van der Waals surface area contributed by atoms with Gasteiger partial charge in [-0.2, -0.15) is 0 Å². The fourth-order valence-electron chi connectivity index (χ4n) is 2.62. The van der Waals surface area contributed by atoms with Crippen LogP contribution < -0.4 is 0 Å². The second-order valence-electron chi connectivity index (χ2n) is 5.07. The molecule has 4 nitrogen and oxygen atoms in total. The summed E-state index contributed by atoms with van der Waals surface area (Å²) in [6.45, 7) is 2.13. The van der Waals surface area contributed by atoms with Gasteiger partial charge < -0.3 is 5.21 Å². The highest BCUT2D eigenvalue weighted by Crippen LogP contribution is 2.26. The summed E-state index contributed by atoms with van der Waals surface area (Å²) in [7, 11) is 0. The highest BCUT2D eigenvalue weighted by molar-refractivity contribution is 6.04. The van der Waals surface area contributed by atoms with Crippen molar-refractivity contribution in [2.45, 2.75) is 26.2 Å². The smallest absolute Gasteiger partial charge is 0.155 e. The number of hydrogen-bond donors (Lipinski definition) is 1. The molecule has 0 unspecified atom stereocenters. The highest BCUT2D eigenvalue weighted by Gasteiger charge is 2.17. The monoisotopic (exact) mass is 279 g/mol. The molecule has 0 radical (unpaired) electrons. The maximum Gasteiger partial charge on any atom is 0.155 e. The van der Waals surface area contributed by atoms with E-state index in [0.717, 1.165) is 35.3 Å². The topological polar surface area (TPSA) is 57.8 Å². The molecular formula is C17H17N3O. The van der Waals surface area contributed by atoms with Crippen LogP contribution >= 0.6 is 0 Å². The number of rotatable bonds is 4. The van der Waals surface area contributed by atoms with Gasteiger partial charge in [-0.15, -0.1) is 0 Å². The molecule has 1 aliphatic heterocycles. The second kappa shape index (κ2) is 5.87. The minimum absolute atomic E-state index is 0.598. The Labute approximate surface area is 123 Å². The van der Waals surface area contributed by atoms with Crippen molar-refractivity contribution in [3.63, 3.8) is 0 Å². The van der Waals surface area contributed by atoms with Crippen molar-refractivity contribution < 1.29 is 5.21 Å². The number of oxime groups is 1. The van der Waals surface area contributed by atoms with Gasteiger partial charge in [-0.05, 0) is 23.6 Å². The quantitative estimate of drug-likeness (QED) is 0.530. The van der Waals surface area contributed by atoms with E-state index >= 15 is 0 Å². The fourth-order valence-corrected chi connectivity index (χ4v) is 2.62. The van der Waals surface area contributed by atoms with Crippen LogP contribution in [0.25, 0.3) is 0 Å². The zero-order valence-electron chi connectivity index (χ0n) is 12.0. The SMILES string of the molecule is CCc1cccc(C/C(=N\O)c2ccnc3c2CC=N3)c1. The lowest BCUT2D eigenvalue weighted by atomic mass is 9.97. The van der Waals surface area contributed by atoms with Crippen LogP contribution in [0.1, 0.15) is 29.2 Å². The number of nitrogens with zero attached hydrogens (tertiary/aromatic N) is 3. The third kappa shape index (κ3) is 2.70. The van der Waals surface area contributed by atoms with Gasteiger partial charge >= 0.3 is 0 Å². The van der Waals surface area contributed by atoms with E-state index in [0.29, 0.717) is 12.1 Å². The molecule has 0 aliphatic carbocycles. The molecule has 1 N–H and O–H groups in total. The molecule has 2 heterocycles. The molecule has 2 aromatic rings. The van der Waals surface area contributed by atoms with Gasteiger partial charge in [0.2, 0.25) is 0 Å². The van der Waals surface area contributed by atoms with Crippen molar-refractivity contribution in [3.8, 4) is 0 Å². The van der Waals surface area contributed by atoms with Crippen molar-refractivity contribution in [3.05, 3.63) is 58.8 Å². The van der Waals surface area contributed by atoms with Crippen LogP contribution in [0.3, 0.4) is 0 Å². The van der Waals surface area contributed by atoms with Gasteiger partial charge in [0.1, 0.15) is 0 Å². The zero-order valence-corrected chi connectivity index (χ0v) is 12.0. The molecule has 3 rings (SSSR count). The number of pyridine rings is 1. The number of aromatic nitrogens is 1. The zero-order chi connectivity index (χ0) is 14.7. The van der Waals surface area contributed by atoms with Gasteiger partial charge in [0.25, 0.3) is 0 Å². The number of benzene rings is 1. The lowest BCUT2D eigenvalue weighted by Gasteiger charge is -2.10. The third-order valence-corrected chi connectivity index (χ3v) is 3.74. The van der Waals surface area contributed by atoms with Gasteiger partial charge in [0.15, 0.2) is 5.82 Å². The summed E-state index contributed by atoms with van der Waals surface area (Å²) < 4.78 is 0. The summed E-state index contributed by atoms with van der Waals surface area (Å²) >= 11 is 0. The van der Waals surface area contributed by atoms with Crippen LogP contribution in [0, 0.1) is 0 Å². The molecule has 1 aromatic carbocycles.